The van der Waals surface area contributed by atoms with Crippen LogP contribution in [0.3, 0.4) is 0 Å². The molecule has 0 bridgehead atoms. The van der Waals surface area contributed by atoms with Crippen LogP contribution in [-0.4, -0.2) is 54.1 Å². The number of hydrogen-bond acceptors (Lipinski definition) is 5. The van der Waals surface area contributed by atoms with E-state index in [0.717, 1.165) is 13.4 Å². The van der Waals surface area contributed by atoms with E-state index < -0.39 is 71.7 Å². The van der Waals surface area contributed by atoms with Crippen LogP contribution in [0.15, 0.2) is 22.0 Å². The second kappa shape index (κ2) is 7.40. The molecule has 1 aliphatic rings. The normalized spacial score (nSPS) is 21.2. The highest BCUT2D eigenvalue weighted by atomic mass is 35.5. The maximum Gasteiger partial charge on any atom is 0.322 e. The summed E-state index contributed by atoms with van der Waals surface area (Å²) >= 11 is 11.7. The molecule has 1 aliphatic carbocycles. The van der Waals surface area contributed by atoms with E-state index in [4.69, 9.17) is 23.2 Å². The Balaban J connectivity index is 2.42. The average molecular weight is 568 g/mol. The Morgan fingerprint density at radius 1 is 1.26 bits per heavy atom. The first-order valence-electron chi connectivity index (χ1n) is 9.14. The zero-order chi connectivity index (χ0) is 26.8. The van der Waals surface area contributed by atoms with E-state index >= 15 is 0 Å². The highest BCUT2D eigenvalue weighted by molar-refractivity contribution is 8.45. The lowest BCUT2D eigenvalue weighted by atomic mass is 9.94. The number of ether oxygens (including phenoxy) is 1. The van der Waals surface area contributed by atoms with Gasteiger partial charge >= 0.3 is 16.2 Å². The molecule has 0 spiro atoms. The quantitative estimate of drug-likeness (QED) is 0.175. The third-order valence-electron chi connectivity index (χ3n) is 4.97. The second-order valence-electron chi connectivity index (χ2n) is 7.76. The van der Waals surface area contributed by atoms with Crippen LogP contribution in [0.2, 0.25) is 10.0 Å². The minimum Gasteiger partial charge on any atom is -0.468 e. The molecule has 1 unspecified atom stereocenters. The number of carbonyl (C=O) groups excluding carboxylic acids is 1. The van der Waals surface area contributed by atoms with E-state index in [1.165, 1.54) is 25.1 Å². The first-order chi connectivity index (χ1) is 15.7. The molecular formula is C18H14Cl2F7N5O2S. The summed E-state index contributed by atoms with van der Waals surface area (Å²) in [4.78, 5) is 15.3. The van der Waals surface area contributed by atoms with Gasteiger partial charge in [0.25, 0.3) is 5.92 Å². The summed E-state index contributed by atoms with van der Waals surface area (Å²) in [6.45, 7) is 0. The van der Waals surface area contributed by atoms with Crippen LogP contribution in [0.25, 0.3) is 5.69 Å². The number of aromatic nitrogens is 2. The lowest BCUT2D eigenvalue weighted by molar-refractivity contribution is -0.146. The number of rotatable bonds is 6. The minimum atomic E-state index is -10.2. The van der Waals surface area contributed by atoms with Gasteiger partial charge in [0.1, 0.15) is 16.7 Å². The topological polar surface area (TPSA) is 83.5 Å². The minimum absolute atomic E-state index is 0.112. The van der Waals surface area contributed by atoms with E-state index in [-0.39, 0.29) is 12.1 Å². The Bertz CT molecular complexity index is 1300. The van der Waals surface area contributed by atoms with Crippen molar-refractivity contribution in [3.63, 3.8) is 0 Å². The van der Waals surface area contributed by atoms with Crippen molar-refractivity contribution in [2.24, 2.45) is 4.99 Å². The molecule has 0 aliphatic heterocycles. The number of nitrogens with zero attached hydrogens (tertiary/aromatic N) is 5. The maximum atomic E-state index is 14.5. The van der Waals surface area contributed by atoms with Crippen LogP contribution in [-0.2, 0) is 14.9 Å². The van der Waals surface area contributed by atoms with E-state index in [9.17, 15) is 38.3 Å². The molecule has 35 heavy (non-hydrogen) atoms. The summed E-state index contributed by atoms with van der Waals surface area (Å²) in [5.41, 5.74) is -4.81. The van der Waals surface area contributed by atoms with Gasteiger partial charge in [-0.3, -0.25) is 4.79 Å². The first kappa shape index (κ1) is 26.9. The van der Waals surface area contributed by atoms with Gasteiger partial charge in [-0.1, -0.05) is 42.6 Å². The zero-order valence-corrected chi connectivity index (χ0v) is 20.1. The third-order valence-corrected chi connectivity index (χ3v) is 6.68. The van der Waals surface area contributed by atoms with E-state index in [1.54, 1.807) is 0 Å². The molecule has 3 rings (SSSR count). The van der Waals surface area contributed by atoms with Crippen molar-refractivity contribution in [1.82, 2.24) is 14.7 Å². The van der Waals surface area contributed by atoms with E-state index in [0.29, 0.717) is 4.68 Å². The molecule has 192 valence electrons. The SMILES string of the molecule is COC(=O)C1(c2c(C#N)nn(-c3c(Cl)cc(S(F)(F)(F)(F)F)cc3Cl)c2/N=C/N(C)C)CC1(F)F. The molecule has 1 fully saturated rings. The largest absolute Gasteiger partial charge is 0.468 e. The molecule has 0 radical (unpaired) electrons. The number of aliphatic imine (C=N–C) groups is 1. The maximum absolute atomic E-state index is 14.5. The van der Waals surface area contributed by atoms with Crippen LogP contribution in [0.1, 0.15) is 17.7 Å². The number of esters is 1. The number of hydrogen-bond donors (Lipinski definition) is 0. The van der Waals surface area contributed by atoms with E-state index in [1.807, 2.05) is 0 Å². The summed E-state index contributed by atoms with van der Waals surface area (Å²) < 4.78 is 101. The fourth-order valence-electron chi connectivity index (χ4n) is 3.35. The lowest BCUT2D eigenvalue weighted by Gasteiger charge is -2.40. The molecule has 2 aromatic rings. The van der Waals surface area contributed by atoms with E-state index in [2.05, 4.69) is 14.8 Å². The van der Waals surface area contributed by atoms with Crippen molar-refractivity contribution < 1.29 is 37.7 Å². The van der Waals surface area contributed by atoms with Crippen LogP contribution < -0.4 is 0 Å². The van der Waals surface area contributed by atoms with Crippen molar-refractivity contribution in [3.05, 3.63) is 33.4 Å². The molecule has 1 heterocycles. The average Bonchev–Trinajstić information content (AvgIpc) is 3.09. The molecule has 1 saturated carbocycles. The highest BCUT2D eigenvalue weighted by Crippen LogP contribution is 3.02. The summed E-state index contributed by atoms with van der Waals surface area (Å²) in [6.07, 6.45) is -0.0310. The zero-order valence-electron chi connectivity index (χ0n) is 17.8. The second-order valence-corrected chi connectivity index (χ2v) is 11.0. The van der Waals surface area contributed by atoms with Crippen LogP contribution >= 0.6 is 33.4 Å². The first-order valence-corrected chi connectivity index (χ1v) is 11.8. The summed E-state index contributed by atoms with van der Waals surface area (Å²) in [6, 6.07) is 1.30. The fraction of sp³-hybridized carbons (Fsp3) is 0.333. The van der Waals surface area contributed by atoms with Gasteiger partial charge < -0.3 is 9.64 Å². The molecular weight excluding hydrogens is 554 g/mol. The predicted molar refractivity (Wildman–Crippen MR) is 115 cm³/mol. The molecule has 1 atom stereocenters. The molecule has 17 heteroatoms. The summed E-state index contributed by atoms with van der Waals surface area (Å²) in [7, 11) is -6.42. The van der Waals surface area contributed by atoms with Gasteiger partial charge in [-0.2, -0.15) is 10.4 Å². The fourth-order valence-corrected chi connectivity index (χ4v) is 4.81. The van der Waals surface area contributed by atoms with Gasteiger partial charge in [0.05, 0.1) is 29.1 Å². The number of carbonyl (C=O) groups is 1. The van der Waals surface area contributed by atoms with Crippen LogP contribution in [0, 0.1) is 11.3 Å². The van der Waals surface area contributed by atoms with Gasteiger partial charge in [-0.15, -0.1) is 0 Å². The molecule has 1 aromatic heterocycles. The van der Waals surface area contributed by atoms with Gasteiger partial charge in [-0.05, 0) is 12.1 Å². The van der Waals surface area contributed by atoms with Crippen molar-refractivity contribution in [3.8, 4) is 11.8 Å². The van der Waals surface area contributed by atoms with Gasteiger partial charge in [0, 0.05) is 20.5 Å². The third kappa shape index (κ3) is 4.50. The van der Waals surface area contributed by atoms with Gasteiger partial charge in [-0.25, -0.2) is 18.5 Å². The molecule has 0 saturated heterocycles. The Kier molecular flexibility index (Phi) is 5.69. The molecule has 0 N–H and O–H groups in total. The van der Waals surface area contributed by atoms with Crippen molar-refractivity contribution >= 4 is 51.6 Å². The predicted octanol–water partition coefficient (Wildman–Crippen LogP) is 6.38. The van der Waals surface area contributed by atoms with Crippen molar-refractivity contribution in [2.45, 2.75) is 22.7 Å². The number of alkyl halides is 2. The standard InChI is InChI=1S/C18H14Cl2F7N5O2S/c1-31(2)8-29-15-13(17(16(33)34-3)7-18(17,21)22)12(6-28)30-32(15)14-10(19)4-9(5-11(14)20)35(23,24,25,26)27/h4-5,8H,7H2,1-3H3/b29-8+. The molecule has 0 amide bonds. The monoisotopic (exact) mass is 567 g/mol. The molecule has 7 nitrogen and oxygen atoms in total. The lowest BCUT2D eigenvalue weighted by Crippen LogP contribution is -2.29. The number of benzene rings is 1. The summed E-state index contributed by atoms with van der Waals surface area (Å²) in [5.74, 6) is -5.74. The van der Waals surface area contributed by atoms with Gasteiger partial charge in [0.15, 0.2) is 16.9 Å². The highest BCUT2D eigenvalue weighted by Gasteiger charge is 2.80. The van der Waals surface area contributed by atoms with Crippen LogP contribution in [0.5, 0.6) is 0 Å². The Labute approximate surface area is 203 Å². The van der Waals surface area contributed by atoms with Crippen LogP contribution in [0.4, 0.5) is 34.0 Å². The Hall–Kier alpha value is -2.70. The summed E-state index contributed by atoms with van der Waals surface area (Å²) in [5, 5.41) is 11.3. The smallest absolute Gasteiger partial charge is 0.322 e. The number of methoxy groups -OCH3 is 1. The molecule has 1 aromatic carbocycles. The Morgan fingerprint density at radius 2 is 1.77 bits per heavy atom. The van der Waals surface area contributed by atoms with Gasteiger partial charge in [0.2, 0.25) is 0 Å². The number of halogens is 9. The Morgan fingerprint density at radius 3 is 2.14 bits per heavy atom. The van der Waals surface area contributed by atoms with Crippen molar-refractivity contribution in [2.75, 3.05) is 21.2 Å². The van der Waals surface area contributed by atoms with Crippen molar-refractivity contribution in [1.29, 1.82) is 5.26 Å². The number of nitriles is 1.